The fraction of sp³-hybridized carbons (Fsp3) is 0.333. The summed E-state index contributed by atoms with van der Waals surface area (Å²) in [5, 5.41) is 15.1. The summed E-state index contributed by atoms with van der Waals surface area (Å²) in [6.07, 6.45) is -4.65. The summed E-state index contributed by atoms with van der Waals surface area (Å²) in [7, 11) is 0. The van der Waals surface area contributed by atoms with E-state index in [9.17, 15) is 32.7 Å². The number of hydrogen-bond acceptors (Lipinski definition) is 5. The predicted molar refractivity (Wildman–Crippen MR) is 143 cm³/mol. The van der Waals surface area contributed by atoms with Crippen molar-refractivity contribution in [2.75, 3.05) is 10.2 Å². The van der Waals surface area contributed by atoms with E-state index in [2.05, 4.69) is 15.6 Å². The van der Waals surface area contributed by atoms with Crippen LogP contribution in [0.3, 0.4) is 0 Å². The maximum atomic E-state index is 13.0. The lowest BCUT2D eigenvalue weighted by atomic mass is 10.0. The van der Waals surface area contributed by atoms with Gasteiger partial charge in [-0.1, -0.05) is 35.6 Å². The molecule has 8 nitrogen and oxygen atoms in total. The number of carbonyl (C=O) groups is 3. The molecule has 0 aliphatic carbocycles. The highest BCUT2D eigenvalue weighted by atomic mass is 32.1. The summed E-state index contributed by atoms with van der Waals surface area (Å²) in [6, 6.07) is 11.6. The molecular weight excluding hydrogens is 533 g/mol. The molecular formula is C27H29F3N4O4S. The molecule has 0 bridgehead atoms. The number of alkyl halides is 3. The fourth-order valence-corrected chi connectivity index (χ4v) is 4.81. The van der Waals surface area contributed by atoms with Crippen molar-refractivity contribution < 1.29 is 32.7 Å². The number of halogens is 3. The van der Waals surface area contributed by atoms with Crippen molar-refractivity contribution in [3.8, 4) is 0 Å². The lowest BCUT2D eigenvalue weighted by Gasteiger charge is -2.33. The summed E-state index contributed by atoms with van der Waals surface area (Å²) < 4.78 is 38.4. The quantitative estimate of drug-likeness (QED) is 0.306. The average Bonchev–Trinajstić information content (AvgIpc) is 3.22. The van der Waals surface area contributed by atoms with Gasteiger partial charge in [0.1, 0.15) is 4.88 Å². The van der Waals surface area contributed by atoms with Crippen LogP contribution >= 0.6 is 11.3 Å². The Kier molecular flexibility index (Phi) is 9.00. The second kappa shape index (κ2) is 11.9. The molecule has 208 valence electrons. The van der Waals surface area contributed by atoms with E-state index >= 15 is 0 Å². The third-order valence-corrected chi connectivity index (χ3v) is 6.64. The van der Waals surface area contributed by atoms with E-state index < -0.39 is 29.3 Å². The predicted octanol–water partition coefficient (Wildman–Crippen LogP) is 6.12. The van der Waals surface area contributed by atoms with Gasteiger partial charge in [-0.2, -0.15) is 13.2 Å². The Labute approximate surface area is 227 Å². The van der Waals surface area contributed by atoms with Crippen molar-refractivity contribution in [2.45, 2.75) is 58.8 Å². The number of nitrogens with zero attached hydrogens (tertiary/aromatic N) is 2. The van der Waals surface area contributed by atoms with E-state index in [-0.39, 0.29) is 22.5 Å². The zero-order valence-electron chi connectivity index (χ0n) is 21.8. The number of carbonyl (C=O) groups excluding carboxylic acids is 2. The van der Waals surface area contributed by atoms with Crippen molar-refractivity contribution in [3.63, 3.8) is 0 Å². The second-order valence-corrected chi connectivity index (χ2v) is 10.8. The fourth-order valence-electron chi connectivity index (χ4n) is 3.84. The number of amides is 3. The van der Waals surface area contributed by atoms with Gasteiger partial charge >= 0.3 is 12.3 Å². The van der Waals surface area contributed by atoms with E-state index in [1.54, 1.807) is 32.9 Å². The van der Waals surface area contributed by atoms with Gasteiger partial charge in [-0.05, 0) is 69.0 Å². The van der Waals surface area contributed by atoms with Gasteiger partial charge in [-0.25, -0.2) is 9.78 Å². The molecule has 0 aliphatic rings. The van der Waals surface area contributed by atoms with Gasteiger partial charge in [0, 0.05) is 24.7 Å². The van der Waals surface area contributed by atoms with E-state index in [0.29, 0.717) is 29.8 Å². The molecule has 0 atom stereocenters. The van der Waals surface area contributed by atoms with Crippen LogP contribution in [0.5, 0.6) is 0 Å². The first-order chi connectivity index (χ1) is 18.1. The van der Waals surface area contributed by atoms with E-state index in [0.717, 1.165) is 29.0 Å². The first kappa shape index (κ1) is 29.6. The molecule has 0 spiro atoms. The summed E-state index contributed by atoms with van der Waals surface area (Å²) in [6.45, 7) is 6.74. The summed E-state index contributed by atoms with van der Waals surface area (Å²) >= 11 is 1.01. The molecule has 1 aromatic heterocycles. The highest BCUT2D eigenvalue weighted by molar-refractivity contribution is 7.17. The maximum Gasteiger partial charge on any atom is 0.416 e. The molecule has 0 aliphatic heterocycles. The van der Waals surface area contributed by atoms with Crippen LogP contribution in [0.4, 0.5) is 28.8 Å². The van der Waals surface area contributed by atoms with Crippen LogP contribution < -0.4 is 15.5 Å². The van der Waals surface area contributed by atoms with Gasteiger partial charge in [-0.3, -0.25) is 14.5 Å². The SMILES string of the molecule is CC(=O)Nc1nc(CCc2ccc(N(C(=O)O)C(C)(C)C)cc2)c(C(=O)NCc2ccc(C(F)(F)F)cc2)s1. The molecule has 39 heavy (non-hydrogen) atoms. The summed E-state index contributed by atoms with van der Waals surface area (Å²) in [5.41, 5.74) is 0.975. The number of nitrogens with one attached hydrogen (secondary N) is 2. The Bertz CT molecular complexity index is 1330. The molecule has 3 N–H and O–H groups in total. The van der Waals surface area contributed by atoms with E-state index in [1.807, 2.05) is 12.1 Å². The average molecular weight is 563 g/mol. The third-order valence-electron chi connectivity index (χ3n) is 5.63. The zero-order chi connectivity index (χ0) is 29.0. The minimum atomic E-state index is -4.44. The Morgan fingerprint density at radius 1 is 0.949 bits per heavy atom. The first-order valence-electron chi connectivity index (χ1n) is 12.0. The number of thiazole rings is 1. The number of hydrogen-bond donors (Lipinski definition) is 3. The smallest absolute Gasteiger partial charge is 0.416 e. The molecule has 3 rings (SSSR count). The standard InChI is InChI=1S/C27H29F3N4O4S/c1-16(35)32-24-33-21(14-9-17-7-12-20(13-8-17)34(25(37)38)26(2,3)4)22(39-24)23(36)31-15-18-5-10-19(11-6-18)27(28,29)30/h5-8,10-13H,9,14-15H2,1-4H3,(H,31,36)(H,37,38)(H,32,33,35). The number of aromatic nitrogens is 1. The monoisotopic (exact) mass is 562 g/mol. The van der Waals surface area contributed by atoms with E-state index in [4.69, 9.17) is 0 Å². The van der Waals surface area contributed by atoms with Crippen LogP contribution in [0, 0.1) is 0 Å². The van der Waals surface area contributed by atoms with Crippen LogP contribution in [0.2, 0.25) is 0 Å². The molecule has 0 fully saturated rings. The topological polar surface area (TPSA) is 112 Å². The minimum absolute atomic E-state index is 0.0130. The van der Waals surface area contributed by atoms with Gasteiger partial charge in [0.15, 0.2) is 5.13 Å². The Morgan fingerprint density at radius 3 is 2.05 bits per heavy atom. The number of aryl methyl sites for hydroxylation is 2. The van der Waals surface area contributed by atoms with Crippen LogP contribution in [0.1, 0.15) is 59.8 Å². The molecule has 12 heteroatoms. The first-order valence-corrected chi connectivity index (χ1v) is 12.8. The molecule has 0 saturated heterocycles. The highest BCUT2D eigenvalue weighted by Crippen LogP contribution is 2.30. The molecule has 3 amide bonds. The van der Waals surface area contributed by atoms with Gasteiger partial charge < -0.3 is 15.7 Å². The second-order valence-electron chi connectivity index (χ2n) is 9.81. The zero-order valence-corrected chi connectivity index (χ0v) is 22.7. The van der Waals surface area contributed by atoms with Crippen LogP contribution in [0.25, 0.3) is 0 Å². The minimum Gasteiger partial charge on any atom is -0.465 e. The normalized spacial score (nSPS) is 11.7. The molecule has 2 aromatic carbocycles. The van der Waals surface area contributed by atoms with Gasteiger partial charge in [0.25, 0.3) is 5.91 Å². The van der Waals surface area contributed by atoms with Crippen LogP contribution in [-0.4, -0.2) is 33.5 Å². The van der Waals surface area contributed by atoms with Crippen molar-refractivity contribution in [3.05, 3.63) is 75.8 Å². The largest absolute Gasteiger partial charge is 0.465 e. The summed E-state index contributed by atoms with van der Waals surface area (Å²) in [4.78, 5) is 42.2. The van der Waals surface area contributed by atoms with Crippen molar-refractivity contribution in [2.24, 2.45) is 0 Å². The molecule has 0 unspecified atom stereocenters. The molecule has 0 radical (unpaired) electrons. The molecule has 3 aromatic rings. The Morgan fingerprint density at radius 2 is 1.54 bits per heavy atom. The molecule has 1 heterocycles. The van der Waals surface area contributed by atoms with Crippen LogP contribution in [0.15, 0.2) is 48.5 Å². The van der Waals surface area contributed by atoms with Crippen LogP contribution in [-0.2, 0) is 30.4 Å². The van der Waals surface area contributed by atoms with Crippen molar-refractivity contribution >= 4 is 40.1 Å². The number of rotatable bonds is 8. The summed E-state index contributed by atoms with van der Waals surface area (Å²) in [5.74, 6) is -0.805. The number of carboxylic acid groups (broad SMARTS) is 1. The highest BCUT2D eigenvalue weighted by Gasteiger charge is 2.30. The van der Waals surface area contributed by atoms with Crippen molar-refractivity contribution in [1.82, 2.24) is 10.3 Å². The Balaban J connectivity index is 1.73. The number of anilines is 2. The Hall–Kier alpha value is -3.93. The van der Waals surface area contributed by atoms with Gasteiger partial charge in [0.05, 0.1) is 11.3 Å². The maximum absolute atomic E-state index is 13.0. The number of benzene rings is 2. The third kappa shape index (κ3) is 8.03. The lowest BCUT2D eigenvalue weighted by molar-refractivity contribution is -0.137. The van der Waals surface area contributed by atoms with Gasteiger partial charge in [-0.15, -0.1) is 0 Å². The van der Waals surface area contributed by atoms with E-state index in [1.165, 1.54) is 24.0 Å². The van der Waals surface area contributed by atoms with Gasteiger partial charge in [0.2, 0.25) is 5.91 Å². The molecule has 0 saturated carbocycles. The van der Waals surface area contributed by atoms with Crippen molar-refractivity contribution in [1.29, 1.82) is 0 Å². The lowest BCUT2D eigenvalue weighted by Crippen LogP contribution is -2.45.